The normalized spacial score (nSPS) is 12.4. The van der Waals surface area contributed by atoms with Gasteiger partial charge in [0.05, 0.1) is 6.54 Å². The lowest BCUT2D eigenvalue weighted by Gasteiger charge is -2.07. The van der Waals surface area contributed by atoms with E-state index >= 15 is 0 Å². The van der Waals surface area contributed by atoms with Crippen LogP contribution in [0, 0.1) is 0 Å². The maximum absolute atomic E-state index is 11.8. The third-order valence-corrected chi connectivity index (χ3v) is 2.71. The van der Waals surface area contributed by atoms with Crippen molar-refractivity contribution in [3.8, 4) is 0 Å². The monoisotopic (exact) mass is 249 g/mol. The number of carbonyl (C=O) groups is 2. The molecule has 1 aliphatic rings. The van der Waals surface area contributed by atoms with Gasteiger partial charge in [-0.1, -0.05) is 6.07 Å². The third kappa shape index (κ3) is 2.91. The molecule has 6 nitrogen and oxygen atoms in total. The molecule has 0 atom stereocenters. The first-order valence-electron chi connectivity index (χ1n) is 5.74. The SMILES string of the molecule is NC(=O)OCCNC(=O)c1ccc2c(c1)NCC2. The van der Waals surface area contributed by atoms with Crippen LogP contribution in [0.5, 0.6) is 0 Å². The Labute approximate surface area is 104 Å². The maximum atomic E-state index is 11.8. The van der Waals surface area contributed by atoms with Gasteiger partial charge in [0.2, 0.25) is 0 Å². The molecule has 6 heteroatoms. The summed E-state index contributed by atoms with van der Waals surface area (Å²) in [5.74, 6) is -0.195. The van der Waals surface area contributed by atoms with E-state index in [1.165, 1.54) is 5.56 Å². The standard InChI is InChI=1S/C12H15N3O3/c13-12(17)18-6-5-15-11(16)9-2-1-8-3-4-14-10(8)7-9/h1-2,7,14H,3-6H2,(H2,13,17)(H,15,16). The van der Waals surface area contributed by atoms with Crippen LogP contribution in [0.1, 0.15) is 15.9 Å². The molecule has 1 aromatic carbocycles. The molecule has 1 aliphatic heterocycles. The minimum atomic E-state index is -0.842. The van der Waals surface area contributed by atoms with Crippen LogP contribution in [0.2, 0.25) is 0 Å². The summed E-state index contributed by atoms with van der Waals surface area (Å²) in [4.78, 5) is 22.1. The van der Waals surface area contributed by atoms with Crippen molar-refractivity contribution < 1.29 is 14.3 Å². The smallest absolute Gasteiger partial charge is 0.404 e. The molecule has 0 spiro atoms. The van der Waals surface area contributed by atoms with E-state index in [1.807, 2.05) is 12.1 Å². The summed E-state index contributed by atoms with van der Waals surface area (Å²) in [7, 11) is 0. The van der Waals surface area contributed by atoms with Crippen LogP contribution in [0.4, 0.5) is 10.5 Å². The molecule has 2 rings (SSSR count). The van der Waals surface area contributed by atoms with E-state index in [0.29, 0.717) is 5.56 Å². The van der Waals surface area contributed by atoms with E-state index < -0.39 is 6.09 Å². The number of ether oxygens (including phenoxy) is 1. The van der Waals surface area contributed by atoms with Gasteiger partial charge in [-0.15, -0.1) is 0 Å². The lowest BCUT2D eigenvalue weighted by atomic mass is 10.1. The van der Waals surface area contributed by atoms with Crippen molar-refractivity contribution in [1.29, 1.82) is 0 Å². The quantitative estimate of drug-likeness (QED) is 0.676. The highest BCUT2D eigenvalue weighted by atomic mass is 16.5. The molecular formula is C12H15N3O3. The molecule has 4 N–H and O–H groups in total. The summed E-state index contributed by atoms with van der Waals surface area (Å²) in [5, 5.41) is 5.86. The van der Waals surface area contributed by atoms with E-state index in [9.17, 15) is 9.59 Å². The van der Waals surface area contributed by atoms with Crippen LogP contribution in [-0.2, 0) is 11.2 Å². The molecule has 0 fully saturated rings. The Hall–Kier alpha value is -2.24. The van der Waals surface area contributed by atoms with Crippen LogP contribution in [0.3, 0.4) is 0 Å². The number of benzene rings is 1. The number of primary amides is 1. The molecule has 0 aliphatic carbocycles. The van der Waals surface area contributed by atoms with Crippen molar-refractivity contribution in [2.75, 3.05) is 25.0 Å². The second kappa shape index (κ2) is 5.39. The average molecular weight is 249 g/mol. The van der Waals surface area contributed by atoms with Gasteiger partial charge in [-0.05, 0) is 24.1 Å². The van der Waals surface area contributed by atoms with E-state index in [2.05, 4.69) is 15.4 Å². The minimum absolute atomic E-state index is 0.0737. The fourth-order valence-electron chi connectivity index (χ4n) is 1.85. The third-order valence-electron chi connectivity index (χ3n) is 2.71. The average Bonchev–Trinajstić information content (AvgIpc) is 2.81. The Morgan fingerprint density at radius 2 is 2.28 bits per heavy atom. The maximum Gasteiger partial charge on any atom is 0.404 e. The van der Waals surface area contributed by atoms with E-state index in [-0.39, 0.29) is 19.1 Å². The van der Waals surface area contributed by atoms with Gasteiger partial charge < -0.3 is 21.1 Å². The number of rotatable bonds is 4. The van der Waals surface area contributed by atoms with Gasteiger partial charge in [-0.25, -0.2) is 4.79 Å². The Morgan fingerprint density at radius 1 is 1.44 bits per heavy atom. The van der Waals surface area contributed by atoms with Crippen LogP contribution in [0.15, 0.2) is 18.2 Å². The molecule has 2 amide bonds. The van der Waals surface area contributed by atoms with Gasteiger partial charge in [0.15, 0.2) is 0 Å². The summed E-state index contributed by atoms with van der Waals surface area (Å²) < 4.78 is 4.51. The molecule has 96 valence electrons. The van der Waals surface area contributed by atoms with Gasteiger partial charge in [0, 0.05) is 17.8 Å². The summed E-state index contributed by atoms with van der Waals surface area (Å²) >= 11 is 0. The number of hydrogen-bond acceptors (Lipinski definition) is 4. The number of hydrogen-bond donors (Lipinski definition) is 3. The molecule has 0 radical (unpaired) electrons. The Bertz CT molecular complexity index is 474. The molecule has 1 heterocycles. The van der Waals surface area contributed by atoms with E-state index in [4.69, 9.17) is 5.73 Å². The first-order valence-corrected chi connectivity index (χ1v) is 5.74. The molecule has 0 saturated carbocycles. The predicted octanol–water partition coefficient (Wildman–Crippen LogP) is 0.480. The number of amides is 2. The summed E-state index contributed by atoms with van der Waals surface area (Å²) in [6.07, 6.45) is 0.148. The van der Waals surface area contributed by atoms with Gasteiger partial charge in [-0.2, -0.15) is 0 Å². The molecule has 0 bridgehead atoms. The highest BCUT2D eigenvalue weighted by molar-refractivity contribution is 5.95. The molecule has 1 aromatic rings. The minimum Gasteiger partial charge on any atom is -0.448 e. The fraction of sp³-hybridized carbons (Fsp3) is 0.333. The zero-order chi connectivity index (χ0) is 13.0. The summed E-state index contributed by atoms with van der Waals surface area (Å²) in [6.45, 7) is 1.23. The van der Waals surface area contributed by atoms with Crippen LogP contribution < -0.4 is 16.4 Å². The largest absolute Gasteiger partial charge is 0.448 e. The van der Waals surface area contributed by atoms with Crippen molar-refractivity contribution >= 4 is 17.7 Å². The van der Waals surface area contributed by atoms with Gasteiger partial charge in [0.25, 0.3) is 5.91 Å². The van der Waals surface area contributed by atoms with Crippen molar-refractivity contribution in [1.82, 2.24) is 5.32 Å². The number of nitrogens with two attached hydrogens (primary N) is 1. The van der Waals surface area contributed by atoms with Gasteiger partial charge in [0.1, 0.15) is 6.61 Å². The zero-order valence-corrected chi connectivity index (χ0v) is 9.86. The molecule has 18 heavy (non-hydrogen) atoms. The first-order chi connectivity index (χ1) is 8.66. The molecular weight excluding hydrogens is 234 g/mol. The van der Waals surface area contributed by atoms with Crippen LogP contribution in [0.25, 0.3) is 0 Å². The molecule has 0 aromatic heterocycles. The van der Waals surface area contributed by atoms with Crippen molar-refractivity contribution in [3.63, 3.8) is 0 Å². The van der Waals surface area contributed by atoms with Gasteiger partial charge in [-0.3, -0.25) is 4.79 Å². The number of nitrogens with one attached hydrogen (secondary N) is 2. The Morgan fingerprint density at radius 3 is 3.06 bits per heavy atom. The molecule has 0 saturated heterocycles. The van der Waals surface area contributed by atoms with E-state index in [1.54, 1.807) is 6.07 Å². The lowest BCUT2D eigenvalue weighted by Crippen LogP contribution is -2.29. The molecule has 0 unspecified atom stereocenters. The van der Waals surface area contributed by atoms with E-state index in [0.717, 1.165) is 18.7 Å². The predicted molar refractivity (Wildman–Crippen MR) is 66.5 cm³/mol. The highest BCUT2D eigenvalue weighted by Gasteiger charge is 2.13. The summed E-state index contributed by atoms with van der Waals surface area (Å²) in [5.41, 5.74) is 7.62. The van der Waals surface area contributed by atoms with Gasteiger partial charge >= 0.3 is 6.09 Å². The highest BCUT2D eigenvalue weighted by Crippen LogP contribution is 2.22. The van der Waals surface area contributed by atoms with Crippen LogP contribution >= 0.6 is 0 Å². The zero-order valence-electron chi connectivity index (χ0n) is 9.86. The summed E-state index contributed by atoms with van der Waals surface area (Å²) in [6, 6.07) is 5.56. The number of fused-ring (bicyclic) bond motifs is 1. The number of anilines is 1. The van der Waals surface area contributed by atoms with Crippen molar-refractivity contribution in [2.45, 2.75) is 6.42 Å². The van der Waals surface area contributed by atoms with Crippen LogP contribution in [-0.4, -0.2) is 31.7 Å². The Kier molecular flexibility index (Phi) is 3.66. The lowest BCUT2D eigenvalue weighted by molar-refractivity contribution is 0.0937. The Balaban J connectivity index is 1.87. The number of carbonyl (C=O) groups excluding carboxylic acids is 2. The second-order valence-corrected chi connectivity index (χ2v) is 3.97. The topological polar surface area (TPSA) is 93.5 Å². The first kappa shape index (κ1) is 12.2. The van der Waals surface area contributed by atoms with Crippen molar-refractivity contribution in [2.24, 2.45) is 5.73 Å². The van der Waals surface area contributed by atoms with Crippen molar-refractivity contribution in [3.05, 3.63) is 29.3 Å². The fourth-order valence-corrected chi connectivity index (χ4v) is 1.85. The second-order valence-electron chi connectivity index (χ2n) is 3.97.